The van der Waals surface area contributed by atoms with Crippen LogP contribution < -0.4 is 4.74 Å². The number of amides is 1. The first-order valence-electron chi connectivity index (χ1n) is 8.01. The largest absolute Gasteiger partial charge is 0.468 e. The SMILES string of the molecule is CS(=O)(=O)N1CCN(C(=O)COC(=O)c2ccc(OCC(F)(F)F)nc2)CC1. The number of aromatic nitrogens is 1. The van der Waals surface area contributed by atoms with Gasteiger partial charge in [-0.2, -0.15) is 17.5 Å². The van der Waals surface area contributed by atoms with Gasteiger partial charge in [-0.15, -0.1) is 0 Å². The molecule has 1 fully saturated rings. The van der Waals surface area contributed by atoms with Crippen molar-refractivity contribution in [1.29, 1.82) is 0 Å². The summed E-state index contributed by atoms with van der Waals surface area (Å²) in [6, 6.07) is 2.24. The van der Waals surface area contributed by atoms with Gasteiger partial charge in [0.1, 0.15) is 0 Å². The minimum atomic E-state index is -4.51. The number of pyridine rings is 1. The molecule has 0 unspecified atom stereocenters. The Balaban J connectivity index is 1.79. The fourth-order valence-electron chi connectivity index (χ4n) is 2.31. The summed E-state index contributed by atoms with van der Waals surface area (Å²) in [4.78, 5) is 28.9. The van der Waals surface area contributed by atoms with E-state index in [-0.39, 0.29) is 37.6 Å². The first kappa shape index (κ1) is 21.9. The number of hydrogen-bond donors (Lipinski definition) is 0. The van der Waals surface area contributed by atoms with E-state index in [1.54, 1.807) is 0 Å². The zero-order valence-corrected chi connectivity index (χ0v) is 15.6. The Kier molecular flexibility index (Phi) is 6.82. The van der Waals surface area contributed by atoms with Crippen molar-refractivity contribution in [2.75, 3.05) is 45.6 Å². The minimum absolute atomic E-state index is 0.0611. The fraction of sp³-hybridized carbons (Fsp3) is 0.533. The molecule has 2 heterocycles. The molecular weight excluding hydrogens is 407 g/mol. The number of piperazine rings is 1. The lowest BCUT2D eigenvalue weighted by Crippen LogP contribution is -2.51. The average Bonchev–Trinajstić information content (AvgIpc) is 2.63. The van der Waals surface area contributed by atoms with Crippen LogP contribution in [-0.2, 0) is 19.6 Å². The second-order valence-corrected chi connectivity index (χ2v) is 7.89. The predicted octanol–water partition coefficient (Wildman–Crippen LogP) is 0.283. The summed E-state index contributed by atoms with van der Waals surface area (Å²) in [5.74, 6) is -1.67. The molecule has 1 aromatic rings. The Labute approximate surface area is 159 Å². The Morgan fingerprint density at radius 1 is 1.18 bits per heavy atom. The van der Waals surface area contributed by atoms with Crippen molar-refractivity contribution in [3.05, 3.63) is 23.9 Å². The van der Waals surface area contributed by atoms with Crippen LogP contribution in [0.15, 0.2) is 18.3 Å². The van der Waals surface area contributed by atoms with Gasteiger partial charge in [-0.25, -0.2) is 18.2 Å². The highest BCUT2D eigenvalue weighted by Crippen LogP contribution is 2.17. The molecule has 0 N–H and O–H groups in total. The number of hydrogen-bond acceptors (Lipinski definition) is 7. The average molecular weight is 425 g/mol. The molecule has 28 heavy (non-hydrogen) atoms. The zero-order chi connectivity index (χ0) is 20.9. The van der Waals surface area contributed by atoms with Crippen LogP contribution in [0.2, 0.25) is 0 Å². The highest BCUT2D eigenvalue weighted by atomic mass is 32.2. The third kappa shape index (κ3) is 6.64. The van der Waals surface area contributed by atoms with Crippen molar-refractivity contribution in [3.63, 3.8) is 0 Å². The molecule has 156 valence electrons. The molecule has 0 radical (unpaired) electrons. The van der Waals surface area contributed by atoms with Crippen LogP contribution in [-0.4, -0.2) is 86.3 Å². The molecule has 0 bridgehead atoms. The molecule has 9 nitrogen and oxygen atoms in total. The number of sulfonamides is 1. The van der Waals surface area contributed by atoms with Crippen LogP contribution in [0.4, 0.5) is 13.2 Å². The quantitative estimate of drug-likeness (QED) is 0.603. The van der Waals surface area contributed by atoms with Gasteiger partial charge in [-0.1, -0.05) is 0 Å². The summed E-state index contributed by atoms with van der Waals surface area (Å²) in [7, 11) is -3.32. The third-order valence-electron chi connectivity index (χ3n) is 3.74. The maximum absolute atomic E-state index is 12.1. The minimum Gasteiger partial charge on any atom is -0.468 e. The van der Waals surface area contributed by atoms with Gasteiger partial charge in [0.15, 0.2) is 13.2 Å². The lowest BCUT2D eigenvalue weighted by Gasteiger charge is -2.33. The summed E-state index contributed by atoms with van der Waals surface area (Å²) < 4.78 is 69.6. The normalized spacial score (nSPS) is 15.9. The van der Waals surface area contributed by atoms with Crippen molar-refractivity contribution in [2.45, 2.75) is 6.18 Å². The van der Waals surface area contributed by atoms with Crippen LogP contribution in [0.5, 0.6) is 5.88 Å². The predicted molar refractivity (Wildman–Crippen MR) is 89.1 cm³/mol. The molecule has 2 rings (SSSR count). The Hall–Kier alpha value is -2.41. The first-order chi connectivity index (χ1) is 13.0. The maximum atomic E-state index is 12.1. The Morgan fingerprint density at radius 2 is 1.82 bits per heavy atom. The smallest absolute Gasteiger partial charge is 0.422 e. The number of alkyl halides is 3. The van der Waals surface area contributed by atoms with E-state index in [9.17, 15) is 31.2 Å². The van der Waals surface area contributed by atoms with E-state index in [0.717, 1.165) is 24.6 Å². The van der Waals surface area contributed by atoms with Crippen LogP contribution >= 0.6 is 0 Å². The number of halogens is 3. The summed E-state index contributed by atoms with van der Waals surface area (Å²) in [5.41, 5.74) is -0.0611. The van der Waals surface area contributed by atoms with Crippen molar-refractivity contribution < 1.29 is 40.7 Å². The fourth-order valence-corrected chi connectivity index (χ4v) is 3.14. The number of esters is 1. The van der Waals surface area contributed by atoms with Gasteiger partial charge in [0.05, 0.1) is 11.8 Å². The summed E-state index contributed by atoms with van der Waals surface area (Å²) in [6.07, 6.45) is -2.45. The van der Waals surface area contributed by atoms with Crippen molar-refractivity contribution >= 4 is 21.9 Å². The molecule has 1 amide bonds. The molecule has 1 aliphatic heterocycles. The van der Waals surface area contributed by atoms with Gasteiger partial charge < -0.3 is 14.4 Å². The molecule has 0 aromatic carbocycles. The van der Waals surface area contributed by atoms with E-state index in [0.29, 0.717) is 0 Å². The zero-order valence-electron chi connectivity index (χ0n) is 14.8. The summed E-state index contributed by atoms with van der Waals surface area (Å²) in [5, 5.41) is 0. The van der Waals surface area contributed by atoms with Gasteiger partial charge in [-0.05, 0) is 6.07 Å². The number of ether oxygens (including phenoxy) is 2. The topological polar surface area (TPSA) is 106 Å². The van der Waals surface area contributed by atoms with E-state index < -0.39 is 41.3 Å². The Bertz CT molecular complexity index is 805. The molecule has 0 spiro atoms. The second kappa shape index (κ2) is 8.73. The Morgan fingerprint density at radius 3 is 2.32 bits per heavy atom. The van der Waals surface area contributed by atoms with Gasteiger partial charge >= 0.3 is 12.1 Å². The van der Waals surface area contributed by atoms with E-state index in [4.69, 9.17) is 4.74 Å². The van der Waals surface area contributed by atoms with Gasteiger partial charge in [0.25, 0.3) is 5.91 Å². The van der Waals surface area contributed by atoms with E-state index >= 15 is 0 Å². The monoisotopic (exact) mass is 425 g/mol. The molecule has 1 aliphatic rings. The molecule has 1 saturated heterocycles. The summed E-state index contributed by atoms with van der Waals surface area (Å²) >= 11 is 0. The molecule has 0 saturated carbocycles. The van der Waals surface area contributed by atoms with E-state index in [1.807, 2.05) is 0 Å². The molecule has 1 aromatic heterocycles. The number of carbonyl (C=O) groups is 2. The first-order valence-corrected chi connectivity index (χ1v) is 9.86. The third-order valence-corrected chi connectivity index (χ3v) is 5.05. The van der Waals surface area contributed by atoms with Crippen molar-refractivity contribution in [3.8, 4) is 5.88 Å². The standard InChI is InChI=1S/C15H18F3N3O6S/c1-28(24,25)21-6-4-20(5-7-21)13(22)9-26-14(23)11-2-3-12(19-8-11)27-10-15(16,17)18/h2-3,8H,4-7,9-10H2,1H3. The second-order valence-electron chi connectivity index (χ2n) is 5.91. The van der Waals surface area contributed by atoms with E-state index in [2.05, 4.69) is 9.72 Å². The number of carbonyl (C=O) groups excluding carboxylic acids is 2. The number of nitrogens with zero attached hydrogens (tertiary/aromatic N) is 3. The van der Waals surface area contributed by atoms with Crippen LogP contribution in [0.3, 0.4) is 0 Å². The van der Waals surface area contributed by atoms with Crippen molar-refractivity contribution in [2.24, 2.45) is 0 Å². The van der Waals surface area contributed by atoms with Crippen LogP contribution in [0.1, 0.15) is 10.4 Å². The lowest BCUT2D eigenvalue weighted by molar-refractivity contribution is -0.154. The molecule has 0 atom stereocenters. The highest BCUT2D eigenvalue weighted by Gasteiger charge is 2.29. The van der Waals surface area contributed by atoms with Crippen LogP contribution in [0, 0.1) is 0 Å². The maximum Gasteiger partial charge on any atom is 0.422 e. The van der Waals surface area contributed by atoms with E-state index in [1.165, 1.54) is 9.21 Å². The summed E-state index contributed by atoms with van der Waals surface area (Å²) in [6.45, 7) is -1.40. The molecule has 0 aliphatic carbocycles. The van der Waals surface area contributed by atoms with Crippen molar-refractivity contribution in [1.82, 2.24) is 14.2 Å². The lowest BCUT2D eigenvalue weighted by atomic mass is 10.3. The van der Waals surface area contributed by atoms with Gasteiger partial charge in [0, 0.05) is 38.4 Å². The van der Waals surface area contributed by atoms with Gasteiger partial charge in [0.2, 0.25) is 15.9 Å². The van der Waals surface area contributed by atoms with Crippen LogP contribution in [0.25, 0.3) is 0 Å². The molecule has 13 heteroatoms. The number of rotatable bonds is 6. The highest BCUT2D eigenvalue weighted by molar-refractivity contribution is 7.88. The van der Waals surface area contributed by atoms with Gasteiger partial charge in [-0.3, -0.25) is 4.79 Å². The molecular formula is C15H18F3N3O6S.